The lowest BCUT2D eigenvalue weighted by molar-refractivity contribution is -0.139. The van der Waals surface area contributed by atoms with Gasteiger partial charge in [-0.15, -0.1) is 0 Å². The molecule has 156 valence electrons. The molecular weight excluding hydrogens is 476 g/mol. The number of amides is 1. The molecule has 2 rings (SSSR count). The van der Waals surface area contributed by atoms with Crippen LogP contribution in [0.5, 0.6) is 11.5 Å². The Labute approximate surface area is 187 Å². The summed E-state index contributed by atoms with van der Waals surface area (Å²) in [6.07, 6.45) is 1.39. The Morgan fingerprint density at radius 2 is 2.03 bits per heavy atom. The van der Waals surface area contributed by atoms with Crippen molar-refractivity contribution in [2.24, 2.45) is 0 Å². The Kier molecular flexibility index (Phi) is 8.27. The van der Waals surface area contributed by atoms with E-state index in [-0.39, 0.29) is 17.1 Å². The Balaban J connectivity index is 2.36. The van der Waals surface area contributed by atoms with Crippen molar-refractivity contribution in [1.29, 1.82) is 5.26 Å². The highest BCUT2D eigenvalue weighted by Crippen LogP contribution is 2.37. The minimum absolute atomic E-state index is 0.136. The molecule has 9 heteroatoms. The second-order valence-corrected chi connectivity index (χ2v) is 7.32. The van der Waals surface area contributed by atoms with Crippen LogP contribution in [0.15, 0.2) is 40.4 Å². The number of aryl methyl sites for hydroxylation is 1. The van der Waals surface area contributed by atoms with Crippen LogP contribution in [0.25, 0.3) is 6.08 Å². The van der Waals surface area contributed by atoms with Crippen LogP contribution in [-0.2, 0) is 9.59 Å². The smallest absolute Gasteiger partial charge is 0.341 e. The van der Waals surface area contributed by atoms with Crippen molar-refractivity contribution in [2.75, 3.05) is 18.5 Å². The monoisotopic (exact) mass is 492 g/mol. The highest BCUT2D eigenvalue weighted by atomic mass is 79.9. The van der Waals surface area contributed by atoms with Gasteiger partial charge in [-0.05, 0) is 71.2 Å². The SMILES string of the molecule is CCOc1cc(/C=C(\C#N)C(=O)Nc2cc(Cl)ccc2C)cc(Br)c1OCC(=O)O. The van der Waals surface area contributed by atoms with E-state index in [4.69, 9.17) is 26.2 Å². The molecule has 0 bridgehead atoms. The molecule has 0 saturated carbocycles. The van der Waals surface area contributed by atoms with Gasteiger partial charge in [0.1, 0.15) is 11.6 Å². The molecule has 0 radical (unpaired) electrons. The predicted molar refractivity (Wildman–Crippen MR) is 117 cm³/mol. The quantitative estimate of drug-likeness (QED) is 0.403. The Hall–Kier alpha value is -3.02. The van der Waals surface area contributed by atoms with E-state index in [9.17, 15) is 14.9 Å². The van der Waals surface area contributed by atoms with Gasteiger partial charge in [-0.2, -0.15) is 5.26 Å². The molecule has 1 amide bonds. The molecule has 0 saturated heterocycles. The van der Waals surface area contributed by atoms with Crippen molar-refractivity contribution >= 4 is 51.2 Å². The van der Waals surface area contributed by atoms with E-state index < -0.39 is 18.5 Å². The highest BCUT2D eigenvalue weighted by Gasteiger charge is 2.16. The summed E-state index contributed by atoms with van der Waals surface area (Å²) in [6.45, 7) is 3.34. The molecular formula is C21H18BrClN2O5. The zero-order valence-electron chi connectivity index (χ0n) is 16.2. The van der Waals surface area contributed by atoms with Crippen LogP contribution in [0.2, 0.25) is 5.02 Å². The van der Waals surface area contributed by atoms with E-state index in [1.807, 2.05) is 13.0 Å². The molecule has 2 N–H and O–H groups in total. The number of benzene rings is 2. The Bertz CT molecular complexity index is 1050. The summed E-state index contributed by atoms with van der Waals surface area (Å²) in [7, 11) is 0. The second-order valence-electron chi connectivity index (χ2n) is 6.03. The molecule has 0 spiro atoms. The second kappa shape index (κ2) is 10.7. The van der Waals surface area contributed by atoms with Crippen molar-refractivity contribution in [1.82, 2.24) is 0 Å². The van der Waals surface area contributed by atoms with Gasteiger partial charge >= 0.3 is 5.97 Å². The third kappa shape index (κ3) is 6.24. The zero-order chi connectivity index (χ0) is 22.3. The average molecular weight is 494 g/mol. The van der Waals surface area contributed by atoms with Crippen LogP contribution in [0.3, 0.4) is 0 Å². The fraction of sp³-hybridized carbons (Fsp3) is 0.190. The molecule has 30 heavy (non-hydrogen) atoms. The number of aliphatic carboxylic acids is 1. The third-order valence-electron chi connectivity index (χ3n) is 3.80. The standard InChI is InChI=1S/C21H18BrClN2O5/c1-3-29-18-8-13(7-16(22)20(18)30-11-19(26)27)6-14(10-24)21(28)25-17-9-15(23)5-4-12(17)2/h4-9H,3,11H2,1-2H3,(H,25,28)(H,26,27)/b14-6+. The number of halogens is 2. The van der Waals surface area contributed by atoms with E-state index in [1.165, 1.54) is 6.08 Å². The van der Waals surface area contributed by atoms with Gasteiger partial charge in [-0.25, -0.2) is 4.79 Å². The Morgan fingerprint density at radius 3 is 2.67 bits per heavy atom. The summed E-state index contributed by atoms with van der Waals surface area (Å²) in [6, 6.07) is 10.1. The van der Waals surface area contributed by atoms with Crippen LogP contribution in [0.4, 0.5) is 5.69 Å². The molecule has 0 aliphatic carbocycles. The van der Waals surface area contributed by atoms with E-state index in [1.54, 1.807) is 37.3 Å². The molecule has 0 fully saturated rings. The normalized spacial score (nSPS) is 10.8. The van der Waals surface area contributed by atoms with E-state index in [0.29, 0.717) is 27.4 Å². The first-order valence-corrected chi connectivity index (χ1v) is 9.92. The van der Waals surface area contributed by atoms with Gasteiger partial charge in [-0.3, -0.25) is 4.79 Å². The molecule has 0 aliphatic heterocycles. The minimum Gasteiger partial charge on any atom is -0.490 e. The van der Waals surface area contributed by atoms with Crippen molar-refractivity contribution in [3.05, 3.63) is 56.5 Å². The van der Waals surface area contributed by atoms with E-state index in [2.05, 4.69) is 21.2 Å². The Morgan fingerprint density at radius 1 is 1.30 bits per heavy atom. The van der Waals surface area contributed by atoms with Crippen LogP contribution in [0, 0.1) is 18.3 Å². The summed E-state index contributed by atoms with van der Waals surface area (Å²) in [5, 5.41) is 21.4. The number of carbonyl (C=O) groups is 2. The number of carbonyl (C=O) groups excluding carboxylic acids is 1. The number of ether oxygens (including phenoxy) is 2. The number of carboxylic acids is 1. The lowest BCUT2D eigenvalue weighted by atomic mass is 10.1. The molecule has 0 aliphatic rings. The highest BCUT2D eigenvalue weighted by molar-refractivity contribution is 9.10. The summed E-state index contributed by atoms with van der Waals surface area (Å²) in [5.41, 5.74) is 1.65. The summed E-state index contributed by atoms with van der Waals surface area (Å²) >= 11 is 9.28. The van der Waals surface area contributed by atoms with Crippen LogP contribution in [-0.4, -0.2) is 30.2 Å². The molecule has 0 aromatic heterocycles. The minimum atomic E-state index is -1.13. The van der Waals surface area contributed by atoms with Gasteiger partial charge in [0, 0.05) is 10.7 Å². The molecule has 2 aromatic carbocycles. The first-order chi connectivity index (χ1) is 14.2. The first kappa shape index (κ1) is 23.3. The number of nitrogens with zero attached hydrogens (tertiary/aromatic N) is 1. The number of hydrogen-bond donors (Lipinski definition) is 2. The van der Waals surface area contributed by atoms with Gasteiger partial charge in [0.15, 0.2) is 18.1 Å². The van der Waals surface area contributed by atoms with Crippen molar-refractivity contribution in [3.63, 3.8) is 0 Å². The lowest BCUT2D eigenvalue weighted by Gasteiger charge is -2.14. The number of hydrogen-bond acceptors (Lipinski definition) is 5. The summed E-state index contributed by atoms with van der Waals surface area (Å²) in [5.74, 6) is -1.23. The number of anilines is 1. The molecule has 0 unspecified atom stereocenters. The fourth-order valence-corrected chi connectivity index (χ4v) is 3.19. The van der Waals surface area contributed by atoms with Gasteiger partial charge in [-0.1, -0.05) is 17.7 Å². The molecule has 0 heterocycles. The third-order valence-corrected chi connectivity index (χ3v) is 4.62. The first-order valence-electron chi connectivity index (χ1n) is 8.75. The largest absolute Gasteiger partial charge is 0.490 e. The molecule has 0 atom stereocenters. The number of carboxylic acid groups (broad SMARTS) is 1. The topological polar surface area (TPSA) is 109 Å². The maximum atomic E-state index is 12.6. The maximum Gasteiger partial charge on any atom is 0.341 e. The van der Waals surface area contributed by atoms with Crippen molar-refractivity contribution in [2.45, 2.75) is 13.8 Å². The summed E-state index contributed by atoms with van der Waals surface area (Å²) in [4.78, 5) is 23.4. The maximum absolute atomic E-state index is 12.6. The van der Waals surface area contributed by atoms with Gasteiger partial charge in [0.05, 0.1) is 11.1 Å². The lowest BCUT2D eigenvalue weighted by Crippen LogP contribution is -2.14. The average Bonchev–Trinajstić information content (AvgIpc) is 2.68. The molecule has 7 nitrogen and oxygen atoms in total. The van der Waals surface area contributed by atoms with Gasteiger partial charge in [0.25, 0.3) is 5.91 Å². The van der Waals surface area contributed by atoms with Gasteiger partial charge < -0.3 is 19.9 Å². The zero-order valence-corrected chi connectivity index (χ0v) is 18.5. The number of nitrogens with one attached hydrogen (secondary N) is 1. The predicted octanol–water partition coefficient (Wildman–Crippen LogP) is 4.82. The molecule has 2 aromatic rings. The van der Waals surface area contributed by atoms with Crippen molar-refractivity contribution in [3.8, 4) is 17.6 Å². The van der Waals surface area contributed by atoms with Crippen LogP contribution >= 0.6 is 27.5 Å². The van der Waals surface area contributed by atoms with E-state index >= 15 is 0 Å². The van der Waals surface area contributed by atoms with E-state index in [0.717, 1.165) is 5.56 Å². The number of nitriles is 1. The fourth-order valence-electron chi connectivity index (χ4n) is 2.44. The number of rotatable bonds is 8. The summed E-state index contributed by atoms with van der Waals surface area (Å²) < 4.78 is 11.2. The van der Waals surface area contributed by atoms with Crippen molar-refractivity contribution < 1.29 is 24.2 Å². The van der Waals surface area contributed by atoms with Gasteiger partial charge in [0.2, 0.25) is 0 Å². The van der Waals surface area contributed by atoms with Crippen LogP contribution < -0.4 is 14.8 Å². The van der Waals surface area contributed by atoms with Crippen LogP contribution in [0.1, 0.15) is 18.1 Å².